The normalized spacial score (nSPS) is 17.3. The zero-order valence-corrected chi connectivity index (χ0v) is 15.3. The molecule has 0 amide bonds. The number of nitrogens with zero attached hydrogens (tertiary/aromatic N) is 2. The van der Waals surface area contributed by atoms with Crippen LogP contribution >= 0.6 is 0 Å². The van der Waals surface area contributed by atoms with E-state index < -0.39 is 0 Å². The summed E-state index contributed by atoms with van der Waals surface area (Å²) < 4.78 is 21.0. The molecule has 1 atom stereocenters. The number of phenols is 1. The van der Waals surface area contributed by atoms with Gasteiger partial charge in [0.25, 0.3) is 0 Å². The van der Waals surface area contributed by atoms with Crippen molar-refractivity contribution in [2.24, 2.45) is 0 Å². The summed E-state index contributed by atoms with van der Waals surface area (Å²) in [6.45, 7) is 2.40. The third-order valence-electron chi connectivity index (χ3n) is 5.22. The van der Waals surface area contributed by atoms with Gasteiger partial charge in [-0.15, -0.1) is 0 Å². The Balaban J connectivity index is 1.74. The molecule has 0 radical (unpaired) electrons. The van der Waals surface area contributed by atoms with Crippen LogP contribution in [-0.2, 0) is 13.1 Å². The van der Waals surface area contributed by atoms with E-state index in [1.807, 2.05) is 24.3 Å². The Bertz CT molecular complexity index is 920. The predicted octanol–water partition coefficient (Wildman–Crippen LogP) is 4.34. The van der Waals surface area contributed by atoms with Crippen LogP contribution in [0.5, 0.6) is 11.5 Å². The molecule has 1 aromatic heterocycles. The van der Waals surface area contributed by atoms with E-state index in [1.54, 1.807) is 13.2 Å². The van der Waals surface area contributed by atoms with Gasteiger partial charge in [-0.3, -0.25) is 4.90 Å². The van der Waals surface area contributed by atoms with Crippen molar-refractivity contribution in [3.8, 4) is 11.5 Å². The molecule has 27 heavy (non-hydrogen) atoms. The van der Waals surface area contributed by atoms with Gasteiger partial charge < -0.3 is 14.4 Å². The molecule has 2 heterocycles. The molecule has 0 fully saturated rings. The summed E-state index contributed by atoms with van der Waals surface area (Å²) in [4.78, 5) is 2.33. The van der Waals surface area contributed by atoms with Crippen molar-refractivity contribution in [3.05, 3.63) is 83.4 Å². The second-order valence-corrected chi connectivity index (χ2v) is 6.87. The van der Waals surface area contributed by atoms with E-state index in [1.165, 1.54) is 17.8 Å². The number of aryl methyl sites for hydroxylation is 1. The van der Waals surface area contributed by atoms with Crippen molar-refractivity contribution in [2.75, 3.05) is 13.7 Å². The summed E-state index contributed by atoms with van der Waals surface area (Å²) >= 11 is 0. The van der Waals surface area contributed by atoms with Crippen molar-refractivity contribution in [1.82, 2.24) is 9.47 Å². The third-order valence-corrected chi connectivity index (χ3v) is 5.22. The molecule has 1 N–H and O–H groups in total. The molecule has 1 aliphatic rings. The Kier molecular flexibility index (Phi) is 4.86. The van der Waals surface area contributed by atoms with Gasteiger partial charge in [0.1, 0.15) is 5.82 Å². The molecule has 5 heteroatoms. The van der Waals surface area contributed by atoms with Gasteiger partial charge >= 0.3 is 0 Å². The molecule has 0 saturated carbocycles. The minimum absolute atomic E-state index is 0.00583. The highest BCUT2D eigenvalue weighted by Crippen LogP contribution is 2.36. The summed E-state index contributed by atoms with van der Waals surface area (Å²) in [6.07, 6.45) is 3.10. The average Bonchev–Trinajstić information content (AvgIpc) is 3.06. The number of phenolic OH excluding ortho intramolecular Hbond substituents is 1. The van der Waals surface area contributed by atoms with E-state index in [-0.39, 0.29) is 17.6 Å². The first kappa shape index (κ1) is 17.6. The molecule has 0 bridgehead atoms. The number of benzene rings is 2. The van der Waals surface area contributed by atoms with Gasteiger partial charge in [-0.1, -0.05) is 24.3 Å². The molecule has 0 aliphatic carbocycles. The van der Waals surface area contributed by atoms with Crippen LogP contribution in [0.2, 0.25) is 0 Å². The van der Waals surface area contributed by atoms with Crippen molar-refractivity contribution in [3.63, 3.8) is 0 Å². The van der Waals surface area contributed by atoms with Crippen LogP contribution in [0.4, 0.5) is 4.39 Å². The molecule has 4 rings (SSSR count). The van der Waals surface area contributed by atoms with E-state index in [0.717, 1.165) is 30.6 Å². The monoisotopic (exact) mass is 366 g/mol. The Morgan fingerprint density at radius 1 is 1.07 bits per heavy atom. The molecule has 4 nitrogen and oxygen atoms in total. The van der Waals surface area contributed by atoms with E-state index in [0.29, 0.717) is 12.3 Å². The number of aromatic hydroxyl groups is 1. The number of fused-ring (bicyclic) bond motifs is 1. The van der Waals surface area contributed by atoms with Crippen molar-refractivity contribution in [1.29, 1.82) is 0 Å². The number of aromatic nitrogens is 1. The van der Waals surface area contributed by atoms with E-state index in [9.17, 15) is 9.50 Å². The molecule has 3 aromatic rings. The topological polar surface area (TPSA) is 37.6 Å². The number of para-hydroxylation sites is 1. The molecule has 2 aromatic carbocycles. The summed E-state index contributed by atoms with van der Waals surface area (Å²) in [6, 6.07) is 16.4. The van der Waals surface area contributed by atoms with Crippen LogP contribution in [-0.4, -0.2) is 28.2 Å². The predicted molar refractivity (Wildman–Crippen MR) is 102 cm³/mol. The molecular formula is C22H23FN2O2. The molecule has 0 unspecified atom stereocenters. The smallest absolute Gasteiger partial charge is 0.162 e. The van der Waals surface area contributed by atoms with Crippen molar-refractivity contribution < 1.29 is 14.2 Å². The lowest BCUT2D eigenvalue weighted by molar-refractivity contribution is 0.217. The maximum absolute atomic E-state index is 13.5. The van der Waals surface area contributed by atoms with Gasteiger partial charge in [0.2, 0.25) is 0 Å². The van der Waals surface area contributed by atoms with Gasteiger partial charge in [0.15, 0.2) is 11.5 Å². The van der Waals surface area contributed by atoms with Gasteiger partial charge in [-0.2, -0.15) is 0 Å². The van der Waals surface area contributed by atoms with Crippen molar-refractivity contribution >= 4 is 0 Å². The highest BCUT2D eigenvalue weighted by Gasteiger charge is 2.28. The minimum atomic E-state index is -0.236. The second-order valence-electron chi connectivity index (χ2n) is 6.87. The lowest BCUT2D eigenvalue weighted by Gasteiger charge is -2.31. The van der Waals surface area contributed by atoms with E-state index >= 15 is 0 Å². The molecule has 140 valence electrons. The average molecular weight is 366 g/mol. The fraction of sp³-hybridized carbons (Fsp3) is 0.273. The molecule has 0 spiro atoms. The minimum Gasteiger partial charge on any atom is -0.504 e. The third kappa shape index (κ3) is 3.43. The van der Waals surface area contributed by atoms with Crippen LogP contribution in [0.1, 0.15) is 29.3 Å². The fourth-order valence-electron chi connectivity index (χ4n) is 3.92. The zero-order valence-electron chi connectivity index (χ0n) is 15.3. The Morgan fingerprint density at radius 2 is 1.89 bits per heavy atom. The lowest BCUT2D eigenvalue weighted by atomic mass is 10.0. The summed E-state index contributed by atoms with van der Waals surface area (Å²) in [5, 5.41) is 10.5. The summed E-state index contributed by atoms with van der Waals surface area (Å²) in [7, 11) is 1.55. The number of hydrogen-bond donors (Lipinski definition) is 1. The van der Waals surface area contributed by atoms with Gasteiger partial charge in [-0.05, 0) is 42.3 Å². The van der Waals surface area contributed by atoms with Gasteiger partial charge in [0.05, 0.1) is 13.2 Å². The Labute approximate surface area is 158 Å². The summed E-state index contributed by atoms with van der Waals surface area (Å²) in [5.74, 6) is 0.418. The quantitative estimate of drug-likeness (QED) is 0.747. The number of ether oxygens (including phenoxy) is 1. The van der Waals surface area contributed by atoms with Crippen LogP contribution in [0.3, 0.4) is 0 Å². The van der Waals surface area contributed by atoms with Crippen LogP contribution in [0.15, 0.2) is 60.8 Å². The van der Waals surface area contributed by atoms with Crippen LogP contribution < -0.4 is 4.74 Å². The number of methoxy groups -OCH3 is 1. The standard InChI is InChI=1S/C22H23FN2O2/c1-27-20-7-2-5-17(22(20)26)15-25-14-4-13-24-12-3-6-19(24)21(25)16-8-10-18(23)11-9-16/h2-3,5-12,21,26H,4,13-15H2,1H3/t21-/m0/s1. The number of halogens is 1. The first-order valence-corrected chi connectivity index (χ1v) is 9.17. The number of rotatable bonds is 4. The first-order chi connectivity index (χ1) is 13.2. The molecular weight excluding hydrogens is 343 g/mol. The van der Waals surface area contributed by atoms with Gasteiger partial charge in [-0.25, -0.2) is 4.39 Å². The van der Waals surface area contributed by atoms with Crippen molar-refractivity contribution in [2.45, 2.75) is 25.6 Å². The van der Waals surface area contributed by atoms with E-state index in [2.05, 4.69) is 27.8 Å². The van der Waals surface area contributed by atoms with Gasteiger partial charge in [0, 0.05) is 37.1 Å². The molecule has 0 saturated heterocycles. The fourth-order valence-corrected chi connectivity index (χ4v) is 3.92. The highest BCUT2D eigenvalue weighted by atomic mass is 19.1. The van der Waals surface area contributed by atoms with Crippen LogP contribution in [0, 0.1) is 5.82 Å². The SMILES string of the molecule is COc1cccc(CN2CCCn3cccc3[C@@H]2c2ccc(F)cc2)c1O. The summed E-state index contributed by atoms with van der Waals surface area (Å²) in [5.41, 5.74) is 3.04. The Morgan fingerprint density at radius 3 is 2.67 bits per heavy atom. The zero-order chi connectivity index (χ0) is 18.8. The first-order valence-electron chi connectivity index (χ1n) is 9.17. The maximum atomic E-state index is 13.5. The van der Waals surface area contributed by atoms with Crippen LogP contribution in [0.25, 0.3) is 0 Å². The van der Waals surface area contributed by atoms with E-state index in [4.69, 9.17) is 4.74 Å². The largest absolute Gasteiger partial charge is 0.504 e. The Hall–Kier alpha value is -2.79. The maximum Gasteiger partial charge on any atom is 0.162 e. The lowest BCUT2D eigenvalue weighted by Crippen LogP contribution is -2.29. The second kappa shape index (κ2) is 7.45. The number of hydrogen-bond acceptors (Lipinski definition) is 3. The molecule has 1 aliphatic heterocycles. The highest BCUT2D eigenvalue weighted by molar-refractivity contribution is 5.45.